The SMILES string of the molecule is Cc1ccc(Cl)c(-c2nc(NS(=O)(=O)c3cccc(N)n3)ccc2Cl)c1F. The Balaban J connectivity index is 2.06. The number of aromatic nitrogens is 2. The fraction of sp³-hybridized carbons (Fsp3) is 0.0588. The number of nitrogens with zero attached hydrogens (tertiary/aromatic N) is 2. The minimum Gasteiger partial charge on any atom is -0.384 e. The number of hydrogen-bond donors (Lipinski definition) is 2. The van der Waals surface area contributed by atoms with E-state index in [1.165, 1.54) is 42.5 Å². The number of benzene rings is 1. The Morgan fingerprint density at radius 3 is 2.44 bits per heavy atom. The monoisotopic (exact) mass is 426 g/mol. The van der Waals surface area contributed by atoms with Crippen LogP contribution in [0.3, 0.4) is 0 Å². The second kappa shape index (κ2) is 7.30. The normalized spacial score (nSPS) is 11.4. The number of nitrogen functional groups attached to an aromatic ring is 1. The van der Waals surface area contributed by atoms with Gasteiger partial charge in [-0.1, -0.05) is 35.3 Å². The lowest BCUT2D eigenvalue weighted by Gasteiger charge is -2.12. The van der Waals surface area contributed by atoms with Crippen molar-refractivity contribution in [1.82, 2.24) is 9.97 Å². The number of nitrogens with one attached hydrogen (secondary N) is 1. The predicted octanol–water partition coefficient (Wildman–Crippen LogP) is 4.28. The van der Waals surface area contributed by atoms with E-state index in [-0.39, 0.29) is 38.0 Å². The van der Waals surface area contributed by atoms with Crippen molar-refractivity contribution in [3.8, 4) is 11.3 Å². The van der Waals surface area contributed by atoms with E-state index in [9.17, 15) is 12.8 Å². The molecule has 0 unspecified atom stereocenters. The summed E-state index contributed by atoms with van der Waals surface area (Å²) in [6, 6.07) is 9.98. The zero-order chi connectivity index (χ0) is 19.8. The molecule has 140 valence electrons. The Morgan fingerprint density at radius 2 is 1.74 bits per heavy atom. The first-order chi connectivity index (χ1) is 12.7. The van der Waals surface area contributed by atoms with Gasteiger partial charge in [0.05, 0.1) is 21.3 Å². The molecule has 0 spiro atoms. The molecule has 0 radical (unpaired) electrons. The Labute approximate surface area is 165 Å². The van der Waals surface area contributed by atoms with E-state index in [2.05, 4.69) is 14.7 Å². The number of rotatable bonds is 4. The van der Waals surface area contributed by atoms with Gasteiger partial charge >= 0.3 is 0 Å². The molecule has 0 saturated carbocycles. The van der Waals surface area contributed by atoms with E-state index in [0.717, 1.165) is 0 Å². The summed E-state index contributed by atoms with van der Waals surface area (Å²) in [5.41, 5.74) is 5.88. The quantitative estimate of drug-likeness (QED) is 0.648. The van der Waals surface area contributed by atoms with E-state index in [1.807, 2.05) is 0 Å². The van der Waals surface area contributed by atoms with E-state index < -0.39 is 15.8 Å². The van der Waals surface area contributed by atoms with Crippen LogP contribution in [0.15, 0.2) is 47.5 Å². The molecule has 3 aromatic rings. The third-order valence-corrected chi connectivity index (χ3v) is 5.50. The summed E-state index contributed by atoms with van der Waals surface area (Å²) in [6.45, 7) is 1.57. The van der Waals surface area contributed by atoms with Crippen molar-refractivity contribution < 1.29 is 12.8 Å². The molecule has 0 saturated heterocycles. The number of halogens is 3. The van der Waals surface area contributed by atoms with Crippen molar-refractivity contribution in [3.63, 3.8) is 0 Å². The average Bonchev–Trinajstić information content (AvgIpc) is 2.61. The Kier molecular flexibility index (Phi) is 5.23. The first-order valence-corrected chi connectivity index (χ1v) is 9.80. The first kappa shape index (κ1) is 19.3. The molecule has 6 nitrogen and oxygen atoms in total. The van der Waals surface area contributed by atoms with Crippen LogP contribution in [0.5, 0.6) is 0 Å². The lowest BCUT2D eigenvalue weighted by molar-refractivity contribution is 0.597. The summed E-state index contributed by atoms with van der Waals surface area (Å²) in [4.78, 5) is 7.90. The minimum absolute atomic E-state index is 0.00945. The molecular formula is C17H13Cl2FN4O2S. The largest absolute Gasteiger partial charge is 0.384 e. The lowest BCUT2D eigenvalue weighted by Crippen LogP contribution is -2.16. The summed E-state index contributed by atoms with van der Waals surface area (Å²) in [5.74, 6) is -0.610. The third kappa shape index (κ3) is 3.97. The van der Waals surface area contributed by atoms with Crippen molar-refractivity contribution in [2.24, 2.45) is 0 Å². The molecule has 0 fully saturated rings. The summed E-state index contributed by atoms with van der Waals surface area (Å²) in [6.07, 6.45) is 0. The number of anilines is 2. The highest BCUT2D eigenvalue weighted by atomic mass is 35.5. The highest BCUT2D eigenvalue weighted by molar-refractivity contribution is 7.92. The minimum atomic E-state index is -4.05. The van der Waals surface area contributed by atoms with E-state index >= 15 is 0 Å². The van der Waals surface area contributed by atoms with Crippen LogP contribution in [0, 0.1) is 12.7 Å². The topological polar surface area (TPSA) is 98.0 Å². The van der Waals surface area contributed by atoms with Crippen LogP contribution in [0.25, 0.3) is 11.3 Å². The molecule has 0 aliphatic heterocycles. The number of hydrogen-bond acceptors (Lipinski definition) is 5. The van der Waals surface area contributed by atoms with Crippen LogP contribution >= 0.6 is 23.2 Å². The predicted molar refractivity (Wildman–Crippen MR) is 104 cm³/mol. The van der Waals surface area contributed by atoms with Gasteiger partial charge in [0.25, 0.3) is 10.0 Å². The van der Waals surface area contributed by atoms with Crippen molar-refractivity contribution in [2.75, 3.05) is 10.5 Å². The zero-order valence-electron chi connectivity index (χ0n) is 13.9. The molecule has 0 amide bonds. The zero-order valence-corrected chi connectivity index (χ0v) is 16.2. The molecule has 0 aliphatic carbocycles. The second-order valence-corrected chi connectivity index (χ2v) is 8.03. The molecule has 27 heavy (non-hydrogen) atoms. The standard InChI is InChI=1S/C17H13Cl2FN4O2S/c1-9-5-6-10(18)15(16(9)20)17-11(19)7-8-13(23-17)24-27(25,26)14-4-2-3-12(21)22-14/h2-8H,1H3,(H2,21,22)(H,23,24). The average molecular weight is 427 g/mol. The Morgan fingerprint density at radius 1 is 1.04 bits per heavy atom. The second-order valence-electron chi connectivity index (χ2n) is 5.59. The molecule has 1 aromatic carbocycles. The smallest absolute Gasteiger partial charge is 0.280 e. The van der Waals surface area contributed by atoms with Gasteiger partial charge in [-0.25, -0.2) is 14.4 Å². The van der Waals surface area contributed by atoms with Crippen LogP contribution in [-0.2, 0) is 10.0 Å². The van der Waals surface area contributed by atoms with Crippen LogP contribution < -0.4 is 10.5 Å². The molecule has 2 heterocycles. The first-order valence-electron chi connectivity index (χ1n) is 7.56. The van der Waals surface area contributed by atoms with Gasteiger partial charge in [-0.2, -0.15) is 8.42 Å². The van der Waals surface area contributed by atoms with Crippen molar-refractivity contribution in [1.29, 1.82) is 0 Å². The maximum Gasteiger partial charge on any atom is 0.280 e. The molecule has 0 bridgehead atoms. The number of sulfonamides is 1. The van der Waals surface area contributed by atoms with Crippen molar-refractivity contribution >= 4 is 44.9 Å². The molecular weight excluding hydrogens is 414 g/mol. The van der Waals surface area contributed by atoms with Gasteiger partial charge in [0.1, 0.15) is 17.5 Å². The summed E-state index contributed by atoms with van der Waals surface area (Å²) in [7, 11) is -4.05. The van der Waals surface area contributed by atoms with Gasteiger partial charge in [0.2, 0.25) is 0 Å². The third-order valence-electron chi connectivity index (χ3n) is 3.63. The maximum atomic E-state index is 14.6. The summed E-state index contributed by atoms with van der Waals surface area (Å²) >= 11 is 12.2. The van der Waals surface area contributed by atoms with Crippen molar-refractivity contribution in [2.45, 2.75) is 11.9 Å². The molecule has 2 aromatic heterocycles. The van der Waals surface area contributed by atoms with Gasteiger partial charge in [-0.15, -0.1) is 0 Å². The van der Waals surface area contributed by atoms with Gasteiger partial charge in [-0.05, 0) is 42.8 Å². The maximum absolute atomic E-state index is 14.6. The van der Waals surface area contributed by atoms with E-state index in [0.29, 0.717) is 5.56 Å². The summed E-state index contributed by atoms with van der Waals surface area (Å²) in [5, 5.41) is -0.0583. The van der Waals surface area contributed by atoms with Gasteiger partial charge in [0, 0.05) is 0 Å². The van der Waals surface area contributed by atoms with E-state index in [1.54, 1.807) is 6.92 Å². The van der Waals surface area contributed by atoms with E-state index in [4.69, 9.17) is 28.9 Å². The lowest BCUT2D eigenvalue weighted by atomic mass is 10.1. The van der Waals surface area contributed by atoms with Gasteiger partial charge in [-0.3, -0.25) is 4.72 Å². The van der Waals surface area contributed by atoms with Crippen LogP contribution in [-0.4, -0.2) is 18.4 Å². The fourth-order valence-electron chi connectivity index (χ4n) is 2.32. The van der Waals surface area contributed by atoms with Crippen molar-refractivity contribution in [3.05, 3.63) is 63.9 Å². The Bertz CT molecular complexity index is 1140. The summed E-state index contributed by atoms with van der Waals surface area (Å²) < 4.78 is 41.8. The number of aryl methyl sites for hydroxylation is 1. The fourth-order valence-corrected chi connectivity index (χ4v) is 3.73. The molecule has 10 heteroatoms. The molecule has 0 atom stereocenters. The van der Waals surface area contributed by atoms with Gasteiger partial charge < -0.3 is 5.73 Å². The van der Waals surface area contributed by atoms with Crippen LogP contribution in [0.2, 0.25) is 10.0 Å². The molecule has 0 aliphatic rings. The highest BCUT2D eigenvalue weighted by Crippen LogP contribution is 2.36. The number of nitrogens with two attached hydrogens (primary N) is 1. The molecule has 3 N–H and O–H groups in total. The van der Waals surface area contributed by atoms with Crippen LogP contribution in [0.4, 0.5) is 16.0 Å². The highest BCUT2D eigenvalue weighted by Gasteiger charge is 2.20. The van der Waals surface area contributed by atoms with Crippen LogP contribution in [0.1, 0.15) is 5.56 Å². The van der Waals surface area contributed by atoms with Gasteiger partial charge in [0.15, 0.2) is 5.03 Å². The Hall–Kier alpha value is -2.42. The number of pyridine rings is 2. The molecule has 3 rings (SSSR count).